The summed E-state index contributed by atoms with van der Waals surface area (Å²) >= 11 is 0. The van der Waals surface area contributed by atoms with Gasteiger partial charge < -0.3 is 18.9 Å². The SMILES string of the molecule is COC(=O)C(C(=O)OC)c1ccccc1/C(C)=N/N=C(\C)c1ccccc1C(C(=O)OC)C(=O)OC. The number of nitrogens with zero attached hydrogens (tertiary/aromatic N) is 2. The van der Waals surface area contributed by atoms with Crippen LogP contribution in [-0.2, 0) is 38.1 Å². The highest BCUT2D eigenvalue weighted by Crippen LogP contribution is 2.26. The number of rotatable bonds is 9. The van der Waals surface area contributed by atoms with E-state index in [1.165, 1.54) is 28.4 Å². The quantitative estimate of drug-likeness (QED) is 0.170. The zero-order chi connectivity index (χ0) is 26.8. The molecule has 10 nitrogen and oxygen atoms in total. The third kappa shape index (κ3) is 6.21. The Balaban J connectivity index is 2.56. The van der Waals surface area contributed by atoms with Crippen LogP contribution in [0.5, 0.6) is 0 Å². The summed E-state index contributed by atoms with van der Waals surface area (Å²) in [6.45, 7) is 3.33. The number of benzene rings is 2. The van der Waals surface area contributed by atoms with Gasteiger partial charge in [0.2, 0.25) is 0 Å². The number of hydrogen-bond acceptors (Lipinski definition) is 10. The van der Waals surface area contributed by atoms with Gasteiger partial charge >= 0.3 is 23.9 Å². The molecular formula is C26H28N2O8. The molecule has 2 aromatic carbocycles. The Morgan fingerprint density at radius 3 is 1.11 bits per heavy atom. The number of carbonyl (C=O) groups is 4. The van der Waals surface area contributed by atoms with Gasteiger partial charge in [-0.1, -0.05) is 48.5 Å². The minimum atomic E-state index is -1.30. The molecule has 0 N–H and O–H groups in total. The Morgan fingerprint density at radius 1 is 0.556 bits per heavy atom. The summed E-state index contributed by atoms with van der Waals surface area (Å²) in [7, 11) is 4.73. The summed E-state index contributed by atoms with van der Waals surface area (Å²) < 4.78 is 19.2. The van der Waals surface area contributed by atoms with Gasteiger partial charge in [0.05, 0.1) is 39.9 Å². The highest BCUT2D eigenvalue weighted by atomic mass is 16.5. The standard InChI is InChI=1S/C26H28N2O8/c1-15(17-11-7-9-13-19(17)21(23(29)33-3)24(30)34-4)27-28-16(2)18-12-8-10-14-20(18)22(25(31)35-5)26(32)36-6/h7-14,21-22H,1-6H3/b27-15+,28-16+. The Hall–Kier alpha value is -4.34. The average molecular weight is 497 g/mol. The van der Waals surface area contributed by atoms with Crippen molar-refractivity contribution in [1.29, 1.82) is 0 Å². The molecule has 2 aromatic rings. The monoisotopic (exact) mass is 496 g/mol. The maximum Gasteiger partial charge on any atom is 0.324 e. The molecule has 0 spiro atoms. The zero-order valence-corrected chi connectivity index (χ0v) is 20.9. The van der Waals surface area contributed by atoms with E-state index in [9.17, 15) is 19.2 Å². The lowest BCUT2D eigenvalue weighted by molar-refractivity contribution is -0.156. The first-order valence-corrected chi connectivity index (χ1v) is 10.8. The first-order chi connectivity index (χ1) is 17.2. The number of carbonyl (C=O) groups excluding carboxylic acids is 4. The van der Waals surface area contributed by atoms with Gasteiger partial charge in [-0.25, -0.2) is 0 Å². The van der Waals surface area contributed by atoms with E-state index >= 15 is 0 Å². The molecule has 0 aromatic heterocycles. The van der Waals surface area contributed by atoms with Crippen molar-refractivity contribution in [2.24, 2.45) is 10.2 Å². The fraction of sp³-hybridized carbons (Fsp3) is 0.308. The van der Waals surface area contributed by atoms with E-state index < -0.39 is 35.7 Å². The number of ether oxygens (including phenoxy) is 4. The minimum Gasteiger partial charge on any atom is -0.468 e. The molecule has 0 saturated heterocycles. The van der Waals surface area contributed by atoms with Gasteiger partial charge in [0, 0.05) is 11.1 Å². The normalized spacial score (nSPS) is 11.8. The molecule has 0 aliphatic carbocycles. The van der Waals surface area contributed by atoms with Crippen molar-refractivity contribution in [3.63, 3.8) is 0 Å². The Kier molecular flexibility index (Phi) is 10.0. The van der Waals surface area contributed by atoms with Crippen molar-refractivity contribution in [2.45, 2.75) is 25.7 Å². The number of hydrogen-bond donors (Lipinski definition) is 0. The molecule has 36 heavy (non-hydrogen) atoms. The third-order valence-electron chi connectivity index (χ3n) is 5.42. The second-order valence-electron chi connectivity index (χ2n) is 7.50. The molecule has 0 fully saturated rings. The smallest absolute Gasteiger partial charge is 0.324 e. The van der Waals surface area contributed by atoms with E-state index in [4.69, 9.17) is 18.9 Å². The van der Waals surface area contributed by atoms with Crippen LogP contribution < -0.4 is 0 Å². The second kappa shape index (κ2) is 12.9. The van der Waals surface area contributed by atoms with Crippen LogP contribution in [0, 0.1) is 0 Å². The Morgan fingerprint density at radius 2 is 0.833 bits per heavy atom. The summed E-state index contributed by atoms with van der Waals surface area (Å²) in [4.78, 5) is 49.3. The zero-order valence-electron chi connectivity index (χ0n) is 20.9. The lowest BCUT2D eigenvalue weighted by Gasteiger charge is -2.17. The maximum atomic E-state index is 12.3. The van der Waals surface area contributed by atoms with Crippen LogP contribution in [0.15, 0.2) is 58.7 Å². The van der Waals surface area contributed by atoms with Crippen molar-refractivity contribution in [1.82, 2.24) is 0 Å². The van der Waals surface area contributed by atoms with Crippen molar-refractivity contribution < 1.29 is 38.1 Å². The van der Waals surface area contributed by atoms with Gasteiger partial charge in [0.1, 0.15) is 0 Å². The molecule has 190 valence electrons. The summed E-state index contributed by atoms with van der Waals surface area (Å²) in [5.41, 5.74) is 2.48. The minimum absolute atomic E-state index is 0.349. The van der Waals surface area contributed by atoms with E-state index in [1.807, 2.05) is 0 Å². The molecule has 2 rings (SSSR count). The van der Waals surface area contributed by atoms with Crippen molar-refractivity contribution in [2.75, 3.05) is 28.4 Å². The van der Waals surface area contributed by atoms with E-state index in [1.54, 1.807) is 62.4 Å². The molecule has 0 atom stereocenters. The molecule has 0 unspecified atom stereocenters. The highest BCUT2D eigenvalue weighted by Gasteiger charge is 2.34. The third-order valence-corrected chi connectivity index (χ3v) is 5.42. The summed E-state index contributed by atoms with van der Waals surface area (Å²) in [6, 6.07) is 13.4. The Labute approximate surface area is 208 Å². The highest BCUT2D eigenvalue weighted by molar-refractivity contribution is 6.09. The van der Waals surface area contributed by atoms with Gasteiger partial charge in [-0.05, 0) is 25.0 Å². The van der Waals surface area contributed by atoms with Crippen LogP contribution in [-0.4, -0.2) is 63.7 Å². The maximum absolute atomic E-state index is 12.3. The predicted octanol–water partition coefficient (Wildman–Crippen LogP) is 2.78. The fourth-order valence-corrected chi connectivity index (χ4v) is 3.59. The lowest BCUT2D eigenvalue weighted by Crippen LogP contribution is -2.26. The molecule has 0 aliphatic heterocycles. The molecular weight excluding hydrogens is 468 g/mol. The molecule has 0 saturated carbocycles. The molecule has 0 aliphatic rings. The summed E-state index contributed by atoms with van der Waals surface area (Å²) in [5, 5.41) is 8.57. The van der Waals surface area contributed by atoms with Crippen LogP contribution >= 0.6 is 0 Å². The molecule has 0 heterocycles. The molecule has 0 radical (unpaired) electrons. The van der Waals surface area contributed by atoms with E-state index in [2.05, 4.69) is 10.2 Å². The van der Waals surface area contributed by atoms with Crippen molar-refractivity contribution in [3.05, 3.63) is 70.8 Å². The molecule has 0 bridgehead atoms. The van der Waals surface area contributed by atoms with Crippen LogP contribution in [0.3, 0.4) is 0 Å². The first kappa shape index (κ1) is 27.9. The van der Waals surface area contributed by atoms with Crippen LogP contribution in [0.25, 0.3) is 0 Å². The van der Waals surface area contributed by atoms with E-state index in [0.29, 0.717) is 33.7 Å². The van der Waals surface area contributed by atoms with Crippen LogP contribution in [0.4, 0.5) is 0 Å². The fourth-order valence-electron chi connectivity index (χ4n) is 3.59. The van der Waals surface area contributed by atoms with E-state index in [0.717, 1.165) is 0 Å². The molecule has 0 amide bonds. The lowest BCUT2D eigenvalue weighted by atomic mass is 9.92. The van der Waals surface area contributed by atoms with Gasteiger partial charge in [-0.2, -0.15) is 10.2 Å². The van der Waals surface area contributed by atoms with Crippen molar-refractivity contribution in [3.8, 4) is 0 Å². The van der Waals surface area contributed by atoms with Gasteiger partial charge in [-0.3, -0.25) is 19.2 Å². The molecule has 10 heteroatoms. The van der Waals surface area contributed by atoms with Crippen molar-refractivity contribution >= 4 is 35.3 Å². The van der Waals surface area contributed by atoms with Gasteiger partial charge in [0.25, 0.3) is 0 Å². The van der Waals surface area contributed by atoms with Gasteiger partial charge in [-0.15, -0.1) is 0 Å². The van der Waals surface area contributed by atoms with E-state index in [-0.39, 0.29) is 0 Å². The van der Waals surface area contributed by atoms with Gasteiger partial charge in [0.15, 0.2) is 11.8 Å². The largest absolute Gasteiger partial charge is 0.468 e. The van der Waals surface area contributed by atoms with Crippen LogP contribution in [0.2, 0.25) is 0 Å². The second-order valence-corrected chi connectivity index (χ2v) is 7.50. The Bertz CT molecular complexity index is 1080. The average Bonchev–Trinajstić information content (AvgIpc) is 2.91. The topological polar surface area (TPSA) is 130 Å². The summed E-state index contributed by atoms with van der Waals surface area (Å²) in [5.74, 6) is -5.68. The van der Waals surface area contributed by atoms with Crippen LogP contribution in [0.1, 0.15) is 47.9 Å². The number of esters is 4. The number of methoxy groups -OCH3 is 4. The predicted molar refractivity (Wildman–Crippen MR) is 131 cm³/mol. The first-order valence-electron chi connectivity index (χ1n) is 10.8. The summed E-state index contributed by atoms with van der Waals surface area (Å²) in [6.07, 6.45) is 0.